The van der Waals surface area contributed by atoms with Crippen molar-refractivity contribution in [3.05, 3.63) is 56.7 Å². The van der Waals surface area contributed by atoms with Crippen molar-refractivity contribution in [3.63, 3.8) is 0 Å². The van der Waals surface area contributed by atoms with E-state index in [0.717, 1.165) is 22.2 Å². The first kappa shape index (κ1) is 20.7. The molecule has 1 aliphatic heterocycles. The standard InChI is InChI=1S/C19H16N2O6S2/c1-3-13(18(23)24)20-17(22)16(29-19(20)28)9-11-5-7-15(27-11)12-6-4-10(2)8-14(12)21(25)26/h4-9,13H,3H2,1-2H3,(H,23,24)/b16-9+. The second kappa shape index (κ2) is 8.18. The first-order valence-corrected chi connectivity index (χ1v) is 9.80. The van der Waals surface area contributed by atoms with Crippen molar-refractivity contribution >= 4 is 51.9 Å². The lowest BCUT2D eigenvalue weighted by Gasteiger charge is -2.21. The third-order valence-corrected chi connectivity index (χ3v) is 5.65. The smallest absolute Gasteiger partial charge is 0.326 e. The molecule has 1 atom stereocenters. The number of nitro benzene ring substituents is 1. The molecule has 1 saturated heterocycles. The average Bonchev–Trinajstić information content (AvgIpc) is 3.22. The number of carbonyl (C=O) groups excluding carboxylic acids is 1. The number of thiocarbonyl (C=S) groups is 1. The molecule has 29 heavy (non-hydrogen) atoms. The minimum atomic E-state index is -1.13. The van der Waals surface area contributed by atoms with Crippen LogP contribution in [0.5, 0.6) is 0 Å². The Bertz CT molecular complexity index is 1060. The average molecular weight is 432 g/mol. The van der Waals surface area contributed by atoms with E-state index < -0.39 is 22.8 Å². The molecule has 2 heterocycles. The van der Waals surface area contributed by atoms with Gasteiger partial charge >= 0.3 is 5.97 Å². The van der Waals surface area contributed by atoms with Crippen molar-refractivity contribution in [2.75, 3.05) is 0 Å². The Morgan fingerprint density at radius 2 is 2.14 bits per heavy atom. The summed E-state index contributed by atoms with van der Waals surface area (Å²) >= 11 is 6.16. The molecule has 2 aromatic rings. The van der Waals surface area contributed by atoms with Crippen LogP contribution in [0.25, 0.3) is 17.4 Å². The van der Waals surface area contributed by atoms with Crippen LogP contribution in [0.3, 0.4) is 0 Å². The lowest BCUT2D eigenvalue weighted by Crippen LogP contribution is -2.43. The van der Waals surface area contributed by atoms with E-state index in [1.54, 1.807) is 38.1 Å². The first-order chi connectivity index (χ1) is 13.7. The van der Waals surface area contributed by atoms with E-state index in [1.807, 2.05) is 0 Å². The number of aliphatic carboxylic acids is 1. The zero-order valence-electron chi connectivity index (χ0n) is 15.4. The van der Waals surface area contributed by atoms with Crippen LogP contribution in [0.1, 0.15) is 24.7 Å². The van der Waals surface area contributed by atoms with Crippen molar-refractivity contribution < 1.29 is 24.0 Å². The third kappa shape index (κ3) is 4.08. The van der Waals surface area contributed by atoms with Gasteiger partial charge in [0.15, 0.2) is 0 Å². The van der Waals surface area contributed by atoms with Gasteiger partial charge in [0.2, 0.25) is 0 Å². The van der Waals surface area contributed by atoms with Crippen LogP contribution in [0, 0.1) is 17.0 Å². The number of carboxylic acids is 1. The highest BCUT2D eigenvalue weighted by Crippen LogP contribution is 2.36. The SMILES string of the molecule is CCC(C(=O)O)N1C(=O)/C(=C\c2ccc(-c3ccc(C)cc3[N+](=O)[O-])o2)SC1=S. The van der Waals surface area contributed by atoms with Crippen LogP contribution < -0.4 is 0 Å². The quantitative estimate of drug-likeness (QED) is 0.312. The molecule has 8 nitrogen and oxygen atoms in total. The number of furan rings is 1. The summed E-state index contributed by atoms with van der Waals surface area (Å²) in [5, 5.41) is 20.6. The van der Waals surface area contributed by atoms with Crippen molar-refractivity contribution in [3.8, 4) is 11.3 Å². The first-order valence-electron chi connectivity index (χ1n) is 8.58. The molecule has 10 heteroatoms. The Labute approximate surface area is 175 Å². The van der Waals surface area contributed by atoms with Gasteiger partial charge in [-0.05, 0) is 37.1 Å². The molecule has 1 aromatic heterocycles. The molecule has 0 bridgehead atoms. The predicted octanol–water partition coefficient (Wildman–Crippen LogP) is 4.23. The number of carboxylic acid groups (broad SMARTS) is 1. The number of amides is 1. The van der Waals surface area contributed by atoms with Crippen molar-refractivity contribution in [2.24, 2.45) is 0 Å². The van der Waals surface area contributed by atoms with E-state index in [-0.39, 0.29) is 27.1 Å². The summed E-state index contributed by atoms with van der Waals surface area (Å²) < 4.78 is 5.85. The molecule has 0 aliphatic carbocycles. The summed E-state index contributed by atoms with van der Waals surface area (Å²) in [4.78, 5) is 36.2. The Kier molecular flexibility index (Phi) is 5.85. The minimum Gasteiger partial charge on any atom is -0.480 e. The van der Waals surface area contributed by atoms with E-state index >= 15 is 0 Å². The van der Waals surface area contributed by atoms with E-state index in [9.17, 15) is 24.8 Å². The van der Waals surface area contributed by atoms with Crippen molar-refractivity contribution in [1.29, 1.82) is 0 Å². The maximum absolute atomic E-state index is 12.6. The molecule has 150 valence electrons. The van der Waals surface area contributed by atoms with Gasteiger partial charge in [-0.3, -0.25) is 19.8 Å². The van der Waals surface area contributed by atoms with Crippen LogP contribution in [0.4, 0.5) is 5.69 Å². The van der Waals surface area contributed by atoms with Crippen LogP contribution in [0.2, 0.25) is 0 Å². The Morgan fingerprint density at radius 1 is 1.41 bits per heavy atom. The fraction of sp³-hybridized carbons (Fsp3) is 0.211. The number of rotatable bonds is 6. The van der Waals surface area contributed by atoms with Gasteiger partial charge in [-0.25, -0.2) is 4.79 Å². The molecule has 1 amide bonds. The number of nitrogens with zero attached hydrogens (tertiary/aromatic N) is 2. The number of hydrogen-bond donors (Lipinski definition) is 1. The molecular formula is C19H16N2O6S2. The van der Waals surface area contributed by atoms with Crippen molar-refractivity contribution in [1.82, 2.24) is 4.90 Å². The monoisotopic (exact) mass is 432 g/mol. The Morgan fingerprint density at radius 3 is 2.76 bits per heavy atom. The summed E-state index contributed by atoms with van der Waals surface area (Å²) in [5.74, 6) is -1.04. The highest BCUT2D eigenvalue weighted by molar-refractivity contribution is 8.26. The molecule has 1 aliphatic rings. The van der Waals surface area contributed by atoms with Gasteiger partial charge in [-0.2, -0.15) is 0 Å². The van der Waals surface area contributed by atoms with E-state index in [1.165, 1.54) is 12.1 Å². The maximum Gasteiger partial charge on any atom is 0.326 e. The summed E-state index contributed by atoms with van der Waals surface area (Å²) in [6, 6.07) is 6.94. The summed E-state index contributed by atoms with van der Waals surface area (Å²) in [5.41, 5.74) is 0.994. The van der Waals surface area contributed by atoms with Gasteiger partial charge < -0.3 is 9.52 Å². The highest BCUT2D eigenvalue weighted by atomic mass is 32.2. The van der Waals surface area contributed by atoms with E-state index in [0.29, 0.717) is 11.3 Å². The lowest BCUT2D eigenvalue weighted by atomic mass is 10.1. The van der Waals surface area contributed by atoms with Crippen LogP contribution in [0.15, 0.2) is 39.7 Å². The van der Waals surface area contributed by atoms with E-state index in [2.05, 4.69) is 0 Å². The second-order valence-electron chi connectivity index (χ2n) is 6.29. The normalized spacial score (nSPS) is 16.5. The maximum atomic E-state index is 12.6. The van der Waals surface area contributed by atoms with E-state index in [4.69, 9.17) is 16.6 Å². The number of hydrogen-bond acceptors (Lipinski definition) is 7. The predicted molar refractivity (Wildman–Crippen MR) is 112 cm³/mol. The van der Waals surface area contributed by atoms with Crippen LogP contribution >= 0.6 is 24.0 Å². The fourth-order valence-electron chi connectivity index (χ4n) is 2.92. The highest BCUT2D eigenvalue weighted by Gasteiger charge is 2.39. The zero-order valence-corrected chi connectivity index (χ0v) is 17.1. The number of aryl methyl sites for hydroxylation is 1. The molecule has 1 aromatic carbocycles. The van der Waals surface area contributed by atoms with Gasteiger partial charge in [0, 0.05) is 12.1 Å². The summed E-state index contributed by atoms with van der Waals surface area (Å²) in [6.07, 6.45) is 1.68. The van der Waals surface area contributed by atoms with Gasteiger partial charge in [-0.15, -0.1) is 0 Å². The number of benzene rings is 1. The van der Waals surface area contributed by atoms with Crippen LogP contribution in [-0.4, -0.2) is 37.2 Å². The molecule has 1 unspecified atom stereocenters. The van der Waals surface area contributed by atoms with Gasteiger partial charge in [0.05, 0.1) is 15.4 Å². The molecule has 0 spiro atoms. The third-order valence-electron chi connectivity index (χ3n) is 4.32. The second-order valence-corrected chi connectivity index (χ2v) is 7.97. The summed E-state index contributed by atoms with van der Waals surface area (Å²) in [7, 11) is 0. The zero-order chi connectivity index (χ0) is 21.3. The molecular weight excluding hydrogens is 416 g/mol. The Hall–Kier alpha value is -2.98. The molecule has 1 fully saturated rings. The molecule has 0 radical (unpaired) electrons. The van der Waals surface area contributed by atoms with Crippen molar-refractivity contribution in [2.45, 2.75) is 26.3 Å². The summed E-state index contributed by atoms with van der Waals surface area (Å²) in [6.45, 7) is 3.42. The van der Waals surface area contributed by atoms with Gasteiger partial charge in [-0.1, -0.05) is 37.0 Å². The van der Waals surface area contributed by atoms with Gasteiger partial charge in [0.1, 0.15) is 21.9 Å². The molecule has 0 saturated carbocycles. The lowest BCUT2D eigenvalue weighted by molar-refractivity contribution is -0.384. The number of carbonyl (C=O) groups is 2. The fourth-order valence-corrected chi connectivity index (χ4v) is 4.26. The molecule has 1 N–H and O–H groups in total. The number of thioether (sulfide) groups is 1. The van der Waals surface area contributed by atoms with Gasteiger partial charge in [0.25, 0.3) is 11.6 Å². The van der Waals surface area contributed by atoms with Crippen LogP contribution in [-0.2, 0) is 9.59 Å². The minimum absolute atomic E-state index is 0.0792. The number of nitro groups is 1. The topological polar surface area (TPSA) is 114 Å². The Balaban J connectivity index is 1.92. The largest absolute Gasteiger partial charge is 0.480 e. The molecule has 3 rings (SSSR count).